The lowest BCUT2D eigenvalue weighted by molar-refractivity contribution is -0.137. The van der Waals surface area contributed by atoms with Crippen LogP contribution < -0.4 is 4.72 Å². The molecule has 7 heteroatoms. The van der Waals surface area contributed by atoms with Gasteiger partial charge in [0.1, 0.15) is 5.82 Å². The average Bonchev–Trinajstić information content (AvgIpc) is 2.52. The van der Waals surface area contributed by atoms with E-state index in [1.807, 2.05) is 30.3 Å². The number of hydrogen-bond acceptors (Lipinski definition) is 3. The molecule has 1 atom stereocenters. The van der Waals surface area contributed by atoms with Crippen LogP contribution in [0.5, 0.6) is 0 Å². The molecule has 0 spiro atoms. The summed E-state index contributed by atoms with van der Waals surface area (Å²) in [6, 6.07) is 12.1. The zero-order valence-corrected chi connectivity index (χ0v) is 14.6. The van der Waals surface area contributed by atoms with E-state index in [1.165, 1.54) is 12.1 Å². The van der Waals surface area contributed by atoms with Gasteiger partial charge in [-0.1, -0.05) is 30.3 Å². The highest BCUT2D eigenvalue weighted by atomic mass is 32.2. The van der Waals surface area contributed by atoms with Crippen molar-refractivity contribution in [2.45, 2.75) is 37.1 Å². The highest BCUT2D eigenvalue weighted by molar-refractivity contribution is 7.89. The third-order valence-corrected chi connectivity index (χ3v) is 5.18. The number of halogens is 1. The summed E-state index contributed by atoms with van der Waals surface area (Å²) >= 11 is 0. The van der Waals surface area contributed by atoms with E-state index in [0.717, 1.165) is 11.6 Å². The van der Waals surface area contributed by atoms with Crippen molar-refractivity contribution >= 4 is 16.0 Å². The number of aryl methyl sites for hydroxylation is 1. The number of aliphatic carboxylic acids is 1. The number of benzene rings is 2. The van der Waals surface area contributed by atoms with Crippen molar-refractivity contribution < 1.29 is 22.7 Å². The summed E-state index contributed by atoms with van der Waals surface area (Å²) in [6.07, 6.45) is 0.321. The van der Waals surface area contributed by atoms with Crippen LogP contribution in [0.25, 0.3) is 0 Å². The summed E-state index contributed by atoms with van der Waals surface area (Å²) in [4.78, 5) is 10.7. The zero-order valence-electron chi connectivity index (χ0n) is 13.8. The number of sulfonamides is 1. The van der Waals surface area contributed by atoms with Gasteiger partial charge in [0.25, 0.3) is 0 Å². The second-order valence-corrected chi connectivity index (χ2v) is 7.62. The van der Waals surface area contributed by atoms with Crippen molar-refractivity contribution in [3.8, 4) is 0 Å². The first-order valence-corrected chi connectivity index (χ1v) is 9.30. The summed E-state index contributed by atoms with van der Waals surface area (Å²) in [7, 11) is -3.96. The second-order valence-electron chi connectivity index (χ2n) is 5.90. The van der Waals surface area contributed by atoms with E-state index < -0.39 is 27.9 Å². The molecule has 0 amide bonds. The minimum atomic E-state index is -3.96. The molecule has 0 bridgehead atoms. The van der Waals surface area contributed by atoms with E-state index in [2.05, 4.69) is 4.72 Å². The highest BCUT2D eigenvalue weighted by Crippen LogP contribution is 2.16. The van der Waals surface area contributed by atoms with Crippen molar-refractivity contribution in [1.29, 1.82) is 0 Å². The van der Waals surface area contributed by atoms with Crippen LogP contribution in [-0.2, 0) is 21.2 Å². The molecule has 0 aliphatic heterocycles. The molecule has 0 saturated heterocycles. The Kier molecular flexibility index (Phi) is 6.27. The van der Waals surface area contributed by atoms with Gasteiger partial charge in [0.05, 0.1) is 4.90 Å². The Bertz CT molecular complexity index is 817. The Labute approximate surface area is 146 Å². The summed E-state index contributed by atoms with van der Waals surface area (Å²) < 4.78 is 41.2. The van der Waals surface area contributed by atoms with Crippen LogP contribution in [0.4, 0.5) is 4.39 Å². The predicted octanol–water partition coefficient (Wildman–Crippen LogP) is 2.89. The number of carboxylic acid groups (broad SMARTS) is 1. The Morgan fingerprint density at radius 2 is 1.88 bits per heavy atom. The summed E-state index contributed by atoms with van der Waals surface area (Å²) in [5.41, 5.74) is 1.38. The standard InChI is InChI=1S/C18H20FNO4S/c1-13-9-15(19)12-17(10-13)25(23,24)20-16(7-8-18(21)22)11-14-5-3-2-4-6-14/h2-6,9-10,12,16,20H,7-8,11H2,1H3,(H,21,22). The second kappa shape index (κ2) is 8.22. The topological polar surface area (TPSA) is 83.5 Å². The smallest absolute Gasteiger partial charge is 0.303 e. The predicted molar refractivity (Wildman–Crippen MR) is 92.3 cm³/mol. The van der Waals surface area contributed by atoms with Crippen LogP contribution >= 0.6 is 0 Å². The fourth-order valence-corrected chi connectivity index (χ4v) is 3.93. The molecular weight excluding hydrogens is 345 g/mol. The maximum Gasteiger partial charge on any atom is 0.303 e. The molecule has 2 rings (SSSR count). The summed E-state index contributed by atoms with van der Waals surface area (Å²) in [5, 5.41) is 8.89. The first-order chi connectivity index (χ1) is 11.8. The molecule has 0 saturated carbocycles. The van der Waals surface area contributed by atoms with Crippen LogP contribution in [0.1, 0.15) is 24.0 Å². The third-order valence-electron chi connectivity index (χ3n) is 3.68. The maximum absolute atomic E-state index is 13.5. The van der Waals surface area contributed by atoms with Gasteiger partial charge in [0, 0.05) is 12.5 Å². The van der Waals surface area contributed by atoms with Gasteiger partial charge in [-0.05, 0) is 49.1 Å². The fourth-order valence-electron chi connectivity index (χ4n) is 2.54. The quantitative estimate of drug-likeness (QED) is 0.753. The molecule has 2 aromatic rings. The number of rotatable bonds is 8. The van der Waals surface area contributed by atoms with Gasteiger partial charge >= 0.3 is 5.97 Å². The van der Waals surface area contributed by atoms with Crippen molar-refractivity contribution in [2.24, 2.45) is 0 Å². The molecule has 0 radical (unpaired) electrons. The largest absolute Gasteiger partial charge is 0.481 e. The van der Waals surface area contributed by atoms with E-state index in [-0.39, 0.29) is 17.7 Å². The van der Waals surface area contributed by atoms with Crippen molar-refractivity contribution in [3.63, 3.8) is 0 Å². The normalized spacial score (nSPS) is 12.7. The molecule has 2 N–H and O–H groups in total. The van der Waals surface area contributed by atoms with Crippen LogP contribution in [0.15, 0.2) is 53.4 Å². The van der Waals surface area contributed by atoms with Crippen LogP contribution in [0.3, 0.4) is 0 Å². The van der Waals surface area contributed by atoms with E-state index in [9.17, 15) is 17.6 Å². The fraction of sp³-hybridized carbons (Fsp3) is 0.278. The molecule has 25 heavy (non-hydrogen) atoms. The van der Waals surface area contributed by atoms with E-state index in [0.29, 0.717) is 12.0 Å². The summed E-state index contributed by atoms with van der Waals surface area (Å²) in [6.45, 7) is 1.61. The van der Waals surface area contributed by atoms with Gasteiger partial charge in [-0.3, -0.25) is 4.79 Å². The number of carbonyl (C=O) groups is 1. The molecular formula is C18H20FNO4S. The lowest BCUT2D eigenvalue weighted by Crippen LogP contribution is -2.37. The number of hydrogen-bond donors (Lipinski definition) is 2. The molecule has 2 aromatic carbocycles. The van der Waals surface area contributed by atoms with Crippen LogP contribution in [0, 0.1) is 12.7 Å². The van der Waals surface area contributed by atoms with E-state index in [4.69, 9.17) is 5.11 Å². The molecule has 0 heterocycles. The molecule has 0 aliphatic carbocycles. The Morgan fingerprint density at radius 3 is 2.48 bits per heavy atom. The Hall–Kier alpha value is -2.25. The molecule has 1 unspecified atom stereocenters. The molecule has 0 fully saturated rings. The molecule has 0 aromatic heterocycles. The third kappa shape index (κ3) is 5.95. The van der Waals surface area contributed by atoms with Crippen LogP contribution in [0.2, 0.25) is 0 Å². The van der Waals surface area contributed by atoms with E-state index >= 15 is 0 Å². The Morgan fingerprint density at radius 1 is 1.20 bits per heavy atom. The monoisotopic (exact) mass is 365 g/mol. The number of carboxylic acids is 1. The maximum atomic E-state index is 13.5. The summed E-state index contributed by atoms with van der Waals surface area (Å²) in [5.74, 6) is -1.63. The minimum Gasteiger partial charge on any atom is -0.481 e. The highest BCUT2D eigenvalue weighted by Gasteiger charge is 2.22. The minimum absolute atomic E-state index is 0.137. The van der Waals surface area contributed by atoms with Crippen molar-refractivity contribution in [2.75, 3.05) is 0 Å². The van der Waals surface area contributed by atoms with Gasteiger partial charge in [-0.25, -0.2) is 17.5 Å². The lowest BCUT2D eigenvalue weighted by atomic mass is 10.0. The number of nitrogens with one attached hydrogen (secondary N) is 1. The van der Waals surface area contributed by atoms with E-state index in [1.54, 1.807) is 6.92 Å². The van der Waals surface area contributed by atoms with Gasteiger partial charge in [-0.15, -0.1) is 0 Å². The molecule has 5 nitrogen and oxygen atoms in total. The van der Waals surface area contributed by atoms with Crippen LogP contribution in [-0.4, -0.2) is 25.5 Å². The first-order valence-electron chi connectivity index (χ1n) is 7.81. The lowest BCUT2D eigenvalue weighted by Gasteiger charge is -2.18. The molecule has 0 aliphatic rings. The zero-order chi connectivity index (χ0) is 18.4. The first kappa shape index (κ1) is 19.1. The van der Waals surface area contributed by atoms with Crippen molar-refractivity contribution in [3.05, 3.63) is 65.5 Å². The Balaban J connectivity index is 2.22. The van der Waals surface area contributed by atoms with Crippen molar-refractivity contribution in [1.82, 2.24) is 4.72 Å². The van der Waals surface area contributed by atoms with Gasteiger partial charge in [0.15, 0.2) is 0 Å². The van der Waals surface area contributed by atoms with Gasteiger partial charge in [0.2, 0.25) is 10.0 Å². The SMILES string of the molecule is Cc1cc(F)cc(S(=O)(=O)NC(CCC(=O)O)Cc2ccccc2)c1. The van der Waals surface area contributed by atoms with Gasteiger partial charge < -0.3 is 5.11 Å². The average molecular weight is 365 g/mol. The molecule has 134 valence electrons. The van der Waals surface area contributed by atoms with Gasteiger partial charge in [-0.2, -0.15) is 0 Å².